The van der Waals surface area contributed by atoms with Crippen LogP contribution in [-0.2, 0) is 10.0 Å². The van der Waals surface area contributed by atoms with Crippen molar-refractivity contribution in [3.63, 3.8) is 0 Å². The number of nitrogens with one attached hydrogen (secondary N) is 1. The van der Waals surface area contributed by atoms with Crippen molar-refractivity contribution >= 4 is 44.1 Å². The number of halogens is 3. The van der Waals surface area contributed by atoms with Gasteiger partial charge in [0.25, 0.3) is 5.91 Å². The monoisotopic (exact) mass is 529 g/mol. The van der Waals surface area contributed by atoms with Crippen molar-refractivity contribution in [1.82, 2.24) is 9.29 Å². The van der Waals surface area contributed by atoms with Gasteiger partial charge in [0, 0.05) is 30.2 Å². The van der Waals surface area contributed by atoms with E-state index in [0.29, 0.717) is 5.52 Å². The van der Waals surface area contributed by atoms with Gasteiger partial charge in [-0.25, -0.2) is 17.2 Å². The summed E-state index contributed by atoms with van der Waals surface area (Å²) in [5, 5.41) is 3.23. The van der Waals surface area contributed by atoms with Crippen molar-refractivity contribution in [2.75, 3.05) is 18.4 Å². The molecule has 0 unspecified atom stereocenters. The lowest BCUT2D eigenvalue weighted by Crippen LogP contribution is -2.30. The maximum atomic E-state index is 15.5. The third-order valence-electron chi connectivity index (χ3n) is 5.75. The Labute approximate surface area is 212 Å². The first-order valence-corrected chi connectivity index (χ1v) is 12.9. The van der Waals surface area contributed by atoms with Crippen LogP contribution in [0, 0.1) is 11.6 Å². The molecular formula is C26H22ClF2N3O3S. The van der Waals surface area contributed by atoms with E-state index in [2.05, 4.69) is 10.3 Å². The van der Waals surface area contributed by atoms with E-state index in [9.17, 15) is 17.6 Å². The summed E-state index contributed by atoms with van der Waals surface area (Å²) in [5.74, 6) is -2.58. The average Bonchev–Trinajstić information content (AvgIpc) is 2.86. The van der Waals surface area contributed by atoms with Crippen molar-refractivity contribution in [1.29, 1.82) is 0 Å². The minimum absolute atomic E-state index is 0.0360. The maximum absolute atomic E-state index is 15.5. The summed E-state index contributed by atoms with van der Waals surface area (Å²) < 4.78 is 57.6. The number of anilines is 1. The molecule has 1 aromatic heterocycles. The minimum Gasteiger partial charge on any atom is -0.319 e. The molecule has 186 valence electrons. The zero-order valence-corrected chi connectivity index (χ0v) is 21.0. The molecule has 0 aliphatic rings. The van der Waals surface area contributed by atoms with Crippen molar-refractivity contribution in [3.05, 3.63) is 89.1 Å². The molecule has 0 aliphatic heterocycles. The molecule has 0 saturated carbocycles. The molecule has 1 amide bonds. The second-order valence-corrected chi connectivity index (χ2v) is 10.2. The predicted octanol–water partition coefficient (Wildman–Crippen LogP) is 6.12. The number of amides is 1. The second kappa shape index (κ2) is 10.3. The van der Waals surface area contributed by atoms with Gasteiger partial charge in [0.15, 0.2) is 5.82 Å². The summed E-state index contributed by atoms with van der Waals surface area (Å²) in [5.41, 5.74) is 0.0477. The Balaban J connectivity index is 1.73. The number of carbonyl (C=O) groups excluding carboxylic acids is 1. The zero-order valence-electron chi connectivity index (χ0n) is 19.4. The molecule has 0 aliphatic carbocycles. The van der Waals surface area contributed by atoms with Crippen LogP contribution in [0.3, 0.4) is 0 Å². The molecule has 0 saturated heterocycles. The first kappa shape index (κ1) is 25.7. The van der Waals surface area contributed by atoms with Crippen LogP contribution in [-0.4, -0.2) is 36.7 Å². The third-order valence-corrected chi connectivity index (χ3v) is 8.28. The second-order valence-electron chi connectivity index (χ2n) is 7.88. The summed E-state index contributed by atoms with van der Waals surface area (Å²) in [7, 11) is -3.99. The van der Waals surface area contributed by atoms with Crippen molar-refractivity contribution < 1.29 is 22.0 Å². The Hall–Kier alpha value is -3.40. The minimum atomic E-state index is -3.99. The van der Waals surface area contributed by atoms with E-state index in [0.717, 1.165) is 23.6 Å². The Bertz CT molecular complexity index is 1570. The third kappa shape index (κ3) is 4.82. The van der Waals surface area contributed by atoms with E-state index in [1.54, 1.807) is 44.3 Å². The molecule has 0 spiro atoms. The quantitative estimate of drug-likeness (QED) is 0.313. The molecule has 4 aromatic rings. The number of hydrogen-bond donors (Lipinski definition) is 1. The Morgan fingerprint density at radius 3 is 2.50 bits per heavy atom. The first-order valence-electron chi connectivity index (χ1n) is 11.1. The molecule has 10 heteroatoms. The normalized spacial score (nSPS) is 11.7. The average molecular weight is 530 g/mol. The van der Waals surface area contributed by atoms with Crippen molar-refractivity contribution in [2.24, 2.45) is 0 Å². The topological polar surface area (TPSA) is 79.4 Å². The van der Waals surface area contributed by atoms with Gasteiger partial charge in [0.1, 0.15) is 10.7 Å². The van der Waals surface area contributed by atoms with Crippen molar-refractivity contribution in [2.45, 2.75) is 18.7 Å². The fraction of sp³-hybridized carbons (Fsp3) is 0.154. The van der Waals surface area contributed by atoms with E-state index in [4.69, 9.17) is 11.6 Å². The van der Waals surface area contributed by atoms with Crippen LogP contribution in [0.1, 0.15) is 24.2 Å². The predicted molar refractivity (Wildman–Crippen MR) is 137 cm³/mol. The lowest BCUT2D eigenvalue weighted by molar-refractivity contribution is 0.102. The summed E-state index contributed by atoms with van der Waals surface area (Å²) in [6, 6.07) is 14.3. The van der Waals surface area contributed by atoms with Gasteiger partial charge in [-0.1, -0.05) is 43.6 Å². The molecule has 4 rings (SSSR count). The van der Waals surface area contributed by atoms with Gasteiger partial charge >= 0.3 is 0 Å². The summed E-state index contributed by atoms with van der Waals surface area (Å²) >= 11 is 6.16. The molecule has 1 heterocycles. The van der Waals surface area contributed by atoms with Gasteiger partial charge < -0.3 is 5.32 Å². The standard InChI is InChI=1S/C26H22ClF2N3O3S/c1-3-32(4-2)36(34,35)23-15-17(9-10-19(23)27)24-20(28)11-12-21(25(24)29)31-26(33)18-8-7-16-6-5-13-30-22(16)14-18/h5-15H,3-4H2,1-2H3,(H,31,33). The number of fused-ring (bicyclic) bond motifs is 1. The molecule has 0 bridgehead atoms. The Morgan fingerprint density at radius 2 is 1.78 bits per heavy atom. The molecule has 0 radical (unpaired) electrons. The largest absolute Gasteiger partial charge is 0.319 e. The van der Waals surface area contributed by atoms with Crippen LogP contribution >= 0.6 is 11.6 Å². The SMILES string of the molecule is CCN(CC)S(=O)(=O)c1cc(-c2c(F)ccc(NC(=O)c3ccc4cccnc4c3)c2F)ccc1Cl. The van der Waals surface area contributed by atoms with Gasteiger partial charge in [-0.15, -0.1) is 0 Å². The fourth-order valence-electron chi connectivity index (χ4n) is 3.87. The van der Waals surface area contributed by atoms with Gasteiger partial charge in [0.05, 0.1) is 21.8 Å². The highest BCUT2D eigenvalue weighted by Gasteiger charge is 2.26. The molecular weight excluding hydrogens is 508 g/mol. The number of sulfonamides is 1. The maximum Gasteiger partial charge on any atom is 0.255 e. The number of carbonyl (C=O) groups is 1. The van der Waals surface area contributed by atoms with Crippen LogP contribution in [0.15, 0.2) is 71.8 Å². The smallest absolute Gasteiger partial charge is 0.255 e. The molecule has 3 aromatic carbocycles. The van der Waals surface area contributed by atoms with Crippen LogP contribution in [0.2, 0.25) is 5.02 Å². The van der Waals surface area contributed by atoms with Crippen LogP contribution < -0.4 is 5.32 Å². The van der Waals surface area contributed by atoms with Gasteiger partial charge in [-0.3, -0.25) is 9.78 Å². The highest BCUT2D eigenvalue weighted by atomic mass is 35.5. The molecule has 0 atom stereocenters. The van der Waals surface area contributed by atoms with E-state index in [1.807, 2.05) is 6.07 Å². The first-order chi connectivity index (χ1) is 17.2. The summed E-state index contributed by atoms with van der Waals surface area (Å²) in [6.45, 7) is 3.76. The number of hydrogen-bond acceptors (Lipinski definition) is 4. The van der Waals surface area contributed by atoms with E-state index < -0.39 is 33.1 Å². The van der Waals surface area contributed by atoms with Gasteiger partial charge in [-0.2, -0.15) is 4.31 Å². The van der Waals surface area contributed by atoms with Gasteiger partial charge in [0.2, 0.25) is 10.0 Å². The Morgan fingerprint density at radius 1 is 1.03 bits per heavy atom. The van der Waals surface area contributed by atoms with Gasteiger partial charge in [-0.05, 0) is 48.0 Å². The number of pyridine rings is 1. The van der Waals surface area contributed by atoms with Crippen molar-refractivity contribution in [3.8, 4) is 11.1 Å². The highest BCUT2D eigenvalue weighted by molar-refractivity contribution is 7.89. The van der Waals surface area contributed by atoms with E-state index in [1.165, 1.54) is 16.4 Å². The molecule has 6 nitrogen and oxygen atoms in total. The molecule has 0 fully saturated rings. The molecule has 36 heavy (non-hydrogen) atoms. The highest BCUT2D eigenvalue weighted by Crippen LogP contribution is 2.35. The Kier molecular flexibility index (Phi) is 7.35. The number of rotatable bonds is 7. The lowest BCUT2D eigenvalue weighted by atomic mass is 10.0. The lowest BCUT2D eigenvalue weighted by Gasteiger charge is -2.20. The van der Waals surface area contributed by atoms with Crippen LogP contribution in [0.25, 0.3) is 22.0 Å². The summed E-state index contributed by atoms with van der Waals surface area (Å²) in [6.07, 6.45) is 1.59. The number of benzene rings is 3. The summed E-state index contributed by atoms with van der Waals surface area (Å²) in [4.78, 5) is 16.8. The van der Waals surface area contributed by atoms with E-state index >= 15 is 4.39 Å². The number of nitrogens with zero attached hydrogens (tertiary/aromatic N) is 2. The van der Waals surface area contributed by atoms with Crippen LogP contribution in [0.5, 0.6) is 0 Å². The molecule has 1 N–H and O–H groups in total. The number of aromatic nitrogens is 1. The fourth-order valence-corrected chi connectivity index (χ4v) is 5.83. The van der Waals surface area contributed by atoms with E-state index in [-0.39, 0.29) is 39.8 Å². The zero-order chi connectivity index (χ0) is 26.0. The van der Waals surface area contributed by atoms with Crippen LogP contribution in [0.4, 0.5) is 14.5 Å².